The largest absolute Gasteiger partial charge is 0.401 e. The average Bonchev–Trinajstić information content (AvgIpc) is 3.09. The van der Waals surface area contributed by atoms with Crippen LogP contribution in [0.3, 0.4) is 0 Å². The molecular formula is C16H28F3IN4O. The van der Waals surface area contributed by atoms with Gasteiger partial charge in [-0.2, -0.15) is 13.2 Å². The van der Waals surface area contributed by atoms with E-state index in [0.29, 0.717) is 37.5 Å². The first-order chi connectivity index (χ1) is 11.2. The summed E-state index contributed by atoms with van der Waals surface area (Å²) in [6.07, 6.45) is -2.10. The molecule has 3 rings (SSSR count). The number of ether oxygens (including phenoxy) is 1. The Morgan fingerprint density at radius 3 is 2.64 bits per heavy atom. The summed E-state index contributed by atoms with van der Waals surface area (Å²) in [6.45, 7) is 5.19. The van der Waals surface area contributed by atoms with E-state index in [2.05, 4.69) is 29.5 Å². The van der Waals surface area contributed by atoms with Crippen molar-refractivity contribution in [1.82, 2.24) is 15.5 Å². The van der Waals surface area contributed by atoms with Gasteiger partial charge in [0, 0.05) is 50.2 Å². The van der Waals surface area contributed by atoms with E-state index in [1.807, 2.05) is 0 Å². The van der Waals surface area contributed by atoms with Crippen LogP contribution in [0.4, 0.5) is 13.2 Å². The minimum atomic E-state index is -4.14. The Labute approximate surface area is 164 Å². The lowest BCUT2D eigenvalue weighted by atomic mass is 9.57. The molecule has 4 unspecified atom stereocenters. The highest BCUT2D eigenvalue weighted by Crippen LogP contribution is 2.52. The second-order valence-corrected chi connectivity index (χ2v) is 7.74. The van der Waals surface area contributed by atoms with Crippen LogP contribution in [0.5, 0.6) is 0 Å². The number of hydrogen-bond donors (Lipinski definition) is 2. The minimum Gasteiger partial charge on any atom is -0.377 e. The molecule has 2 heterocycles. The predicted molar refractivity (Wildman–Crippen MR) is 101 cm³/mol. The van der Waals surface area contributed by atoms with Gasteiger partial charge in [-0.1, -0.05) is 13.8 Å². The molecule has 1 aliphatic carbocycles. The van der Waals surface area contributed by atoms with Crippen LogP contribution >= 0.6 is 24.0 Å². The molecule has 25 heavy (non-hydrogen) atoms. The fourth-order valence-corrected chi connectivity index (χ4v) is 4.48. The maximum absolute atomic E-state index is 12.5. The summed E-state index contributed by atoms with van der Waals surface area (Å²) in [5.41, 5.74) is 0.0385. The molecule has 146 valence electrons. The molecular weight excluding hydrogens is 448 g/mol. The number of alkyl halides is 3. The summed E-state index contributed by atoms with van der Waals surface area (Å²) in [6, 6.07) is 0.279. The molecule has 9 heteroatoms. The van der Waals surface area contributed by atoms with Gasteiger partial charge in [-0.15, -0.1) is 24.0 Å². The molecule has 0 aromatic rings. The summed E-state index contributed by atoms with van der Waals surface area (Å²) in [4.78, 5) is 5.71. The lowest BCUT2D eigenvalue weighted by Crippen LogP contribution is -2.68. The lowest BCUT2D eigenvalue weighted by Gasteiger charge is -2.55. The predicted octanol–water partition coefficient (Wildman–Crippen LogP) is 2.22. The number of hydrogen-bond acceptors (Lipinski definition) is 3. The zero-order chi connectivity index (χ0) is 17.5. The molecule has 0 radical (unpaired) electrons. The van der Waals surface area contributed by atoms with Crippen LogP contribution in [0.15, 0.2) is 4.99 Å². The summed E-state index contributed by atoms with van der Waals surface area (Å²) in [7, 11) is 1.70. The van der Waals surface area contributed by atoms with Crippen LogP contribution in [-0.2, 0) is 4.74 Å². The highest BCUT2D eigenvalue weighted by molar-refractivity contribution is 14.0. The Morgan fingerprint density at radius 1 is 1.28 bits per heavy atom. The Morgan fingerprint density at radius 2 is 2.00 bits per heavy atom. The zero-order valence-corrected chi connectivity index (χ0v) is 17.2. The van der Waals surface area contributed by atoms with Crippen molar-refractivity contribution in [2.24, 2.45) is 16.3 Å². The Kier molecular flexibility index (Phi) is 6.52. The maximum atomic E-state index is 12.5. The van der Waals surface area contributed by atoms with Gasteiger partial charge in [0.2, 0.25) is 0 Å². The third-order valence-corrected chi connectivity index (χ3v) is 5.63. The summed E-state index contributed by atoms with van der Waals surface area (Å²) < 4.78 is 43.3. The number of aliphatic imine (C=N–C) groups is 1. The van der Waals surface area contributed by atoms with Crippen LogP contribution in [0.25, 0.3) is 0 Å². The van der Waals surface area contributed by atoms with Gasteiger partial charge in [-0.25, -0.2) is 0 Å². The van der Waals surface area contributed by atoms with Gasteiger partial charge in [0.15, 0.2) is 5.96 Å². The Balaban J connectivity index is 0.00000225. The van der Waals surface area contributed by atoms with Crippen molar-refractivity contribution in [3.8, 4) is 0 Å². The van der Waals surface area contributed by atoms with Gasteiger partial charge in [0.05, 0.1) is 12.6 Å². The molecule has 0 aromatic heterocycles. The molecule has 1 saturated carbocycles. The highest BCUT2D eigenvalue weighted by atomic mass is 127. The quantitative estimate of drug-likeness (QED) is 0.373. The van der Waals surface area contributed by atoms with E-state index in [9.17, 15) is 13.2 Å². The van der Waals surface area contributed by atoms with Gasteiger partial charge in [-0.3, -0.25) is 9.89 Å². The monoisotopic (exact) mass is 476 g/mol. The van der Waals surface area contributed by atoms with Crippen LogP contribution in [-0.4, -0.2) is 68.5 Å². The van der Waals surface area contributed by atoms with E-state index in [0.717, 1.165) is 13.0 Å². The zero-order valence-electron chi connectivity index (χ0n) is 14.9. The van der Waals surface area contributed by atoms with Crippen LogP contribution < -0.4 is 10.6 Å². The first-order valence-electron chi connectivity index (χ1n) is 8.61. The molecule has 0 aromatic carbocycles. The number of rotatable bonds is 3. The van der Waals surface area contributed by atoms with Crippen molar-refractivity contribution in [1.29, 1.82) is 0 Å². The molecule has 2 N–H and O–H groups in total. The van der Waals surface area contributed by atoms with Crippen molar-refractivity contribution in [3.63, 3.8) is 0 Å². The van der Waals surface area contributed by atoms with Crippen LogP contribution in [0.1, 0.15) is 26.7 Å². The van der Waals surface area contributed by atoms with E-state index >= 15 is 0 Å². The van der Waals surface area contributed by atoms with Crippen molar-refractivity contribution in [2.45, 2.75) is 51.1 Å². The van der Waals surface area contributed by atoms with E-state index in [1.54, 1.807) is 7.05 Å². The highest BCUT2D eigenvalue weighted by Gasteiger charge is 2.59. The van der Waals surface area contributed by atoms with Crippen molar-refractivity contribution in [3.05, 3.63) is 0 Å². The summed E-state index contributed by atoms with van der Waals surface area (Å²) in [5, 5.41) is 6.76. The molecule has 2 saturated heterocycles. The molecule has 3 aliphatic rings. The Hall–Kier alpha value is -0.290. The first-order valence-corrected chi connectivity index (χ1v) is 8.61. The average molecular weight is 476 g/mol. The standard InChI is InChI=1S/C16H27F3N4O.HI/c1-15(2)12(11-5-7-24-13(11)15)22-14(20-3)21-10-4-6-23(8-10)9-16(17,18)19;/h10-13H,4-9H2,1-3H3,(H2,20,21,22);1H. The number of halogens is 4. The third-order valence-electron chi connectivity index (χ3n) is 5.63. The first kappa shape index (κ1) is 21.0. The molecule has 4 atom stereocenters. The van der Waals surface area contributed by atoms with E-state index in [-0.39, 0.29) is 41.5 Å². The SMILES string of the molecule is CN=C(NC1CCN(CC(F)(F)F)C1)NC1C2CCOC2C1(C)C.I. The van der Waals surface area contributed by atoms with Crippen molar-refractivity contribution >= 4 is 29.9 Å². The number of fused-ring (bicyclic) bond motifs is 1. The van der Waals surface area contributed by atoms with Crippen molar-refractivity contribution < 1.29 is 17.9 Å². The molecule has 0 spiro atoms. The molecule has 2 aliphatic heterocycles. The molecule has 3 fully saturated rings. The molecule has 5 nitrogen and oxygen atoms in total. The fraction of sp³-hybridized carbons (Fsp3) is 0.938. The summed E-state index contributed by atoms with van der Waals surface area (Å²) in [5.74, 6) is 1.17. The molecule has 0 amide bonds. The second kappa shape index (κ2) is 7.75. The Bertz CT molecular complexity index is 500. The van der Waals surface area contributed by atoms with Gasteiger partial charge < -0.3 is 15.4 Å². The lowest BCUT2D eigenvalue weighted by molar-refractivity contribution is -0.143. The minimum absolute atomic E-state index is 0. The smallest absolute Gasteiger partial charge is 0.377 e. The fourth-order valence-electron chi connectivity index (χ4n) is 4.48. The van der Waals surface area contributed by atoms with Gasteiger partial charge >= 0.3 is 6.18 Å². The second-order valence-electron chi connectivity index (χ2n) is 7.74. The van der Waals surface area contributed by atoms with Crippen molar-refractivity contribution in [2.75, 3.05) is 33.3 Å². The van der Waals surface area contributed by atoms with Crippen LogP contribution in [0.2, 0.25) is 0 Å². The normalized spacial score (nSPS) is 34.9. The van der Waals surface area contributed by atoms with Gasteiger partial charge in [-0.05, 0) is 12.8 Å². The molecule has 0 bridgehead atoms. The number of nitrogens with one attached hydrogen (secondary N) is 2. The van der Waals surface area contributed by atoms with E-state index < -0.39 is 12.7 Å². The number of nitrogens with zero attached hydrogens (tertiary/aromatic N) is 2. The van der Waals surface area contributed by atoms with Crippen LogP contribution in [0, 0.1) is 11.3 Å². The topological polar surface area (TPSA) is 48.9 Å². The number of likely N-dealkylation sites (tertiary alicyclic amines) is 1. The van der Waals surface area contributed by atoms with E-state index in [4.69, 9.17) is 4.74 Å². The van der Waals surface area contributed by atoms with Gasteiger partial charge in [0.1, 0.15) is 0 Å². The van der Waals surface area contributed by atoms with E-state index in [1.165, 1.54) is 4.90 Å². The summed E-state index contributed by atoms with van der Waals surface area (Å²) >= 11 is 0. The van der Waals surface area contributed by atoms with Gasteiger partial charge in [0.25, 0.3) is 0 Å². The number of guanidine groups is 1. The third kappa shape index (κ3) is 4.52. The maximum Gasteiger partial charge on any atom is 0.401 e.